The number of hydrogen-bond acceptors (Lipinski definition) is 2. The number of likely N-dealkylation sites (N-methyl/N-ethyl adjacent to an activating group) is 1. The third-order valence-electron chi connectivity index (χ3n) is 3.99. The summed E-state index contributed by atoms with van der Waals surface area (Å²) in [5.74, 6) is 0.915. The molecule has 2 aromatic rings. The van der Waals surface area contributed by atoms with Gasteiger partial charge in [-0.15, -0.1) is 0 Å². The Morgan fingerprint density at radius 3 is 3.06 bits per heavy atom. The first-order chi connectivity index (χ1) is 8.75. The van der Waals surface area contributed by atoms with Crippen molar-refractivity contribution in [3.63, 3.8) is 0 Å². The van der Waals surface area contributed by atoms with Crippen LogP contribution in [0.5, 0.6) is 0 Å². The highest BCUT2D eigenvalue weighted by atomic mass is 19.1. The number of nitrogens with zero attached hydrogens (tertiary/aromatic N) is 3. The number of fused-ring (bicyclic) bond motifs is 3. The Morgan fingerprint density at radius 2 is 2.17 bits per heavy atom. The van der Waals surface area contributed by atoms with Gasteiger partial charge < -0.3 is 9.47 Å². The van der Waals surface area contributed by atoms with Crippen LogP contribution in [0, 0.1) is 5.82 Å². The van der Waals surface area contributed by atoms with E-state index in [0.717, 1.165) is 42.8 Å². The average Bonchev–Trinajstić information content (AvgIpc) is 2.69. The highest BCUT2D eigenvalue weighted by Gasteiger charge is 2.29. The third kappa shape index (κ3) is 1.15. The fourth-order valence-corrected chi connectivity index (χ4v) is 3.14. The van der Waals surface area contributed by atoms with E-state index in [0.29, 0.717) is 0 Å². The van der Waals surface area contributed by atoms with E-state index in [9.17, 15) is 4.39 Å². The molecule has 3 nitrogen and oxygen atoms in total. The molecular formula is C14H14FN3. The molecule has 2 aliphatic rings. The van der Waals surface area contributed by atoms with Crippen LogP contribution in [0.15, 0.2) is 23.2 Å². The molecule has 0 N–H and O–H groups in total. The molecule has 18 heavy (non-hydrogen) atoms. The number of halogens is 1. The number of aliphatic imine (C=N–C) groups is 1. The van der Waals surface area contributed by atoms with Crippen LogP contribution in [0.25, 0.3) is 10.9 Å². The largest absolute Gasteiger partial charge is 0.356 e. The zero-order valence-electron chi connectivity index (χ0n) is 10.3. The van der Waals surface area contributed by atoms with Gasteiger partial charge in [-0.25, -0.2) is 4.39 Å². The van der Waals surface area contributed by atoms with Crippen molar-refractivity contribution < 1.29 is 4.39 Å². The minimum atomic E-state index is -0.154. The fraction of sp³-hybridized carbons (Fsp3) is 0.357. The Labute approximate surface area is 105 Å². The van der Waals surface area contributed by atoms with E-state index in [4.69, 9.17) is 0 Å². The monoisotopic (exact) mass is 243 g/mol. The van der Waals surface area contributed by atoms with Crippen molar-refractivity contribution in [3.8, 4) is 0 Å². The van der Waals surface area contributed by atoms with Crippen LogP contribution < -0.4 is 0 Å². The lowest BCUT2D eigenvalue weighted by Gasteiger charge is -2.31. The summed E-state index contributed by atoms with van der Waals surface area (Å²) in [4.78, 5) is 6.83. The topological polar surface area (TPSA) is 20.5 Å². The third-order valence-corrected chi connectivity index (χ3v) is 3.99. The molecule has 1 aromatic carbocycles. The Balaban J connectivity index is 2.13. The van der Waals surface area contributed by atoms with Crippen molar-refractivity contribution >= 4 is 16.7 Å². The second-order valence-corrected chi connectivity index (χ2v) is 5.02. The van der Waals surface area contributed by atoms with E-state index in [-0.39, 0.29) is 5.82 Å². The molecule has 0 bridgehead atoms. The molecule has 0 saturated carbocycles. The predicted molar refractivity (Wildman–Crippen MR) is 69.6 cm³/mol. The first-order valence-electron chi connectivity index (χ1n) is 6.32. The summed E-state index contributed by atoms with van der Waals surface area (Å²) < 4.78 is 15.8. The fourth-order valence-electron chi connectivity index (χ4n) is 3.14. The molecular weight excluding hydrogens is 229 g/mol. The SMILES string of the molecule is CN1CCn2c3c(c4cc(F)ccc42)CCN=C31. The second kappa shape index (κ2) is 3.34. The molecule has 0 radical (unpaired) electrons. The molecule has 92 valence electrons. The summed E-state index contributed by atoms with van der Waals surface area (Å²) in [6.07, 6.45) is 0.916. The van der Waals surface area contributed by atoms with Gasteiger partial charge in [-0.2, -0.15) is 0 Å². The standard InChI is InChI=1S/C14H14FN3/c1-17-6-7-18-12-3-2-9(15)8-11(12)10-4-5-16-14(17)13(10)18/h2-3,8H,4-7H2,1H3. The summed E-state index contributed by atoms with van der Waals surface area (Å²) in [6.45, 7) is 2.72. The first kappa shape index (κ1) is 10.1. The van der Waals surface area contributed by atoms with Gasteiger partial charge in [0.15, 0.2) is 0 Å². The van der Waals surface area contributed by atoms with Gasteiger partial charge in [0, 0.05) is 37.6 Å². The molecule has 0 atom stereocenters. The molecule has 0 unspecified atom stereocenters. The summed E-state index contributed by atoms with van der Waals surface area (Å²) in [7, 11) is 2.08. The van der Waals surface area contributed by atoms with Gasteiger partial charge >= 0.3 is 0 Å². The molecule has 0 saturated heterocycles. The van der Waals surface area contributed by atoms with Crippen LogP contribution in [-0.4, -0.2) is 35.4 Å². The summed E-state index contributed by atoms with van der Waals surface area (Å²) in [6, 6.07) is 5.11. The molecule has 1 aromatic heterocycles. The van der Waals surface area contributed by atoms with E-state index in [1.807, 2.05) is 6.07 Å². The van der Waals surface area contributed by atoms with Crippen LogP contribution >= 0.6 is 0 Å². The van der Waals surface area contributed by atoms with Gasteiger partial charge in [0.1, 0.15) is 11.7 Å². The smallest absolute Gasteiger partial charge is 0.148 e. The van der Waals surface area contributed by atoms with Crippen molar-refractivity contribution in [1.82, 2.24) is 9.47 Å². The molecule has 0 fully saturated rings. The van der Waals surface area contributed by atoms with Crippen molar-refractivity contribution in [1.29, 1.82) is 0 Å². The number of benzene rings is 1. The zero-order chi connectivity index (χ0) is 12.3. The minimum absolute atomic E-state index is 0.154. The summed E-state index contributed by atoms with van der Waals surface area (Å²) >= 11 is 0. The van der Waals surface area contributed by atoms with Gasteiger partial charge in [0.25, 0.3) is 0 Å². The van der Waals surface area contributed by atoms with E-state index >= 15 is 0 Å². The van der Waals surface area contributed by atoms with Gasteiger partial charge in [-0.05, 0) is 30.2 Å². The molecule has 3 heterocycles. The van der Waals surface area contributed by atoms with Crippen LogP contribution in [0.4, 0.5) is 4.39 Å². The van der Waals surface area contributed by atoms with Crippen LogP contribution in [0.1, 0.15) is 11.3 Å². The van der Waals surface area contributed by atoms with Gasteiger partial charge in [0.05, 0.1) is 5.69 Å². The van der Waals surface area contributed by atoms with Crippen molar-refractivity contribution in [2.24, 2.45) is 4.99 Å². The van der Waals surface area contributed by atoms with E-state index < -0.39 is 0 Å². The summed E-state index contributed by atoms with van der Waals surface area (Å²) in [5.41, 5.74) is 3.61. The van der Waals surface area contributed by atoms with Crippen LogP contribution in [-0.2, 0) is 13.0 Å². The van der Waals surface area contributed by atoms with Crippen LogP contribution in [0.3, 0.4) is 0 Å². The molecule has 0 spiro atoms. The maximum Gasteiger partial charge on any atom is 0.148 e. The number of rotatable bonds is 0. The predicted octanol–water partition coefficient (Wildman–Crippen LogP) is 2.03. The highest BCUT2D eigenvalue weighted by Crippen LogP contribution is 2.32. The molecule has 2 aliphatic heterocycles. The second-order valence-electron chi connectivity index (χ2n) is 5.02. The summed E-state index contributed by atoms with van der Waals surface area (Å²) in [5, 5.41) is 1.06. The van der Waals surface area contributed by atoms with Crippen molar-refractivity contribution in [2.75, 3.05) is 20.1 Å². The van der Waals surface area contributed by atoms with Gasteiger partial charge in [-0.1, -0.05) is 0 Å². The van der Waals surface area contributed by atoms with Gasteiger partial charge in [0.2, 0.25) is 0 Å². The quantitative estimate of drug-likeness (QED) is 0.693. The Bertz CT molecular complexity index is 684. The van der Waals surface area contributed by atoms with Gasteiger partial charge in [-0.3, -0.25) is 4.99 Å². The molecule has 0 aliphatic carbocycles. The lowest BCUT2D eigenvalue weighted by atomic mass is 10.0. The minimum Gasteiger partial charge on any atom is -0.356 e. The zero-order valence-corrected chi connectivity index (χ0v) is 10.3. The van der Waals surface area contributed by atoms with E-state index in [1.165, 1.54) is 11.3 Å². The Hall–Kier alpha value is -1.84. The van der Waals surface area contributed by atoms with Crippen molar-refractivity contribution in [3.05, 3.63) is 35.3 Å². The number of aromatic nitrogens is 1. The van der Waals surface area contributed by atoms with E-state index in [2.05, 4.69) is 21.5 Å². The number of hydrogen-bond donors (Lipinski definition) is 0. The number of amidine groups is 1. The average molecular weight is 243 g/mol. The molecule has 4 heteroatoms. The first-order valence-corrected chi connectivity index (χ1v) is 6.32. The molecule has 0 amide bonds. The lowest BCUT2D eigenvalue weighted by molar-refractivity contribution is 0.434. The van der Waals surface area contributed by atoms with Crippen molar-refractivity contribution in [2.45, 2.75) is 13.0 Å². The van der Waals surface area contributed by atoms with E-state index in [1.54, 1.807) is 12.1 Å². The Morgan fingerprint density at radius 1 is 1.28 bits per heavy atom. The maximum atomic E-state index is 13.5. The lowest BCUT2D eigenvalue weighted by Crippen LogP contribution is -2.39. The normalized spacial score (nSPS) is 17.9. The highest BCUT2D eigenvalue weighted by molar-refractivity contribution is 6.06. The maximum absolute atomic E-state index is 13.5. The molecule has 4 rings (SSSR count). The van der Waals surface area contributed by atoms with Crippen LogP contribution in [0.2, 0.25) is 0 Å². The Kier molecular flexibility index (Phi) is 1.88.